The van der Waals surface area contributed by atoms with Crippen LogP contribution in [0.15, 0.2) is 0 Å². The van der Waals surface area contributed by atoms with Crippen molar-refractivity contribution in [3.05, 3.63) is 0 Å². The van der Waals surface area contributed by atoms with Crippen LogP contribution >= 0.6 is 0 Å². The molecule has 1 atom stereocenters. The van der Waals surface area contributed by atoms with Gasteiger partial charge < -0.3 is 9.66 Å². The van der Waals surface area contributed by atoms with E-state index in [1.807, 2.05) is 0 Å². The van der Waals surface area contributed by atoms with E-state index in [2.05, 4.69) is 6.92 Å². The predicted octanol–water partition coefficient (Wildman–Crippen LogP) is 4.11. The molecule has 0 bridgehead atoms. The van der Waals surface area contributed by atoms with Crippen molar-refractivity contribution >= 4 is 10.1 Å². The van der Waals surface area contributed by atoms with Crippen molar-refractivity contribution in [1.29, 1.82) is 0 Å². The summed E-state index contributed by atoms with van der Waals surface area (Å²) in [6.45, 7) is 2.22. The third-order valence-corrected chi connectivity index (χ3v) is 7.26. The van der Waals surface area contributed by atoms with Crippen molar-refractivity contribution in [2.24, 2.45) is 0 Å². The van der Waals surface area contributed by atoms with Crippen LogP contribution in [-0.4, -0.2) is 29.9 Å². The van der Waals surface area contributed by atoms with Crippen molar-refractivity contribution in [3.8, 4) is 0 Å². The molecule has 0 aromatic heterocycles. The average molecular weight is 473 g/mol. The Morgan fingerprint density at radius 1 is 0.600 bits per heavy atom. The maximum atomic E-state index is 11.2. The van der Waals surface area contributed by atoms with E-state index in [0.29, 0.717) is 19.3 Å². The maximum absolute atomic E-state index is 11.2. The number of hydrogen-bond acceptors (Lipinski definition) is 4. The minimum Gasteiger partial charge on any atom is -0.748 e. The molecule has 176 valence electrons. The van der Waals surface area contributed by atoms with Gasteiger partial charge in [0.2, 0.25) is 0 Å². The summed E-state index contributed by atoms with van der Waals surface area (Å²) in [6.07, 6.45) is 24.6. The topological polar surface area (TPSA) is 77.4 Å². The summed E-state index contributed by atoms with van der Waals surface area (Å²) in [5.41, 5.74) is 0. The van der Waals surface area contributed by atoms with Gasteiger partial charge >= 0.3 is 51.4 Å². The van der Waals surface area contributed by atoms with E-state index < -0.39 is 15.4 Å². The van der Waals surface area contributed by atoms with Gasteiger partial charge in [0.15, 0.2) is 0 Å². The minimum absolute atomic E-state index is 0. The van der Waals surface area contributed by atoms with Crippen LogP contribution < -0.4 is 51.4 Å². The van der Waals surface area contributed by atoms with Gasteiger partial charge in [-0.1, -0.05) is 122 Å². The van der Waals surface area contributed by atoms with Crippen molar-refractivity contribution in [2.45, 2.75) is 147 Å². The molecule has 0 fully saturated rings. The van der Waals surface area contributed by atoms with Crippen LogP contribution in [0, 0.1) is 0 Å². The molecule has 0 saturated heterocycles. The normalized spacial score (nSPS) is 12.6. The van der Waals surface area contributed by atoms with Crippen molar-refractivity contribution < 1.29 is 69.5 Å². The van der Waals surface area contributed by atoms with Gasteiger partial charge in [0.1, 0.15) is 0 Å². The van der Waals surface area contributed by atoms with E-state index in [1.165, 1.54) is 96.3 Å². The van der Waals surface area contributed by atoms with Gasteiger partial charge in [-0.2, -0.15) is 0 Å². The van der Waals surface area contributed by atoms with Crippen molar-refractivity contribution in [1.82, 2.24) is 0 Å². The number of rotatable bonds is 23. The zero-order valence-corrected chi connectivity index (χ0v) is 24.2. The quantitative estimate of drug-likeness (QED) is 0.138. The molecule has 0 amide bonds. The van der Waals surface area contributed by atoms with E-state index in [1.54, 1.807) is 0 Å². The third-order valence-electron chi connectivity index (χ3n) is 5.97. The molecule has 0 rings (SSSR count). The number of aliphatic hydroxyl groups is 1. The second kappa shape index (κ2) is 25.1. The molecular formula is C24H49KO4S. The standard InChI is InChI=1S/C24H50O4S.K/c1-2-3-4-5-6-7-8-9-10-11-12-13-14-15-16-17-18-19-21-24(22-20-23-25)29(26,27)28;/h24-25H,2-23H2,1H3,(H,26,27,28);/q;+1/p-1. The van der Waals surface area contributed by atoms with Gasteiger partial charge in [-0.25, -0.2) is 8.42 Å². The van der Waals surface area contributed by atoms with Gasteiger partial charge in [-0.3, -0.25) is 0 Å². The first kappa shape index (κ1) is 33.7. The van der Waals surface area contributed by atoms with Crippen LogP contribution in [0.1, 0.15) is 142 Å². The molecule has 0 aliphatic rings. The van der Waals surface area contributed by atoms with Crippen molar-refractivity contribution in [2.75, 3.05) is 6.61 Å². The largest absolute Gasteiger partial charge is 1.00 e. The van der Waals surface area contributed by atoms with Crippen LogP contribution in [0.2, 0.25) is 0 Å². The summed E-state index contributed by atoms with van der Waals surface area (Å²) in [7, 11) is -4.22. The predicted molar refractivity (Wildman–Crippen MR) is 123 cm³/mol. The minimum atomic E-state index is -4.22. The zero-order valence-electron chi connectivity index (χ0n) is 20.2. The molecule has 1 N–H and O–H groups in total. The first-order valence-electron chi connectivity index (χ1n) is 12.6. The molecule has 0 spiro atoms. The summed E-state index contributed by atoms with van der Waals surface area (Å²) in [5.74, 6) is 0. The molecule has 0 aliphatic carbocycles. The molecule has 0 aliphatic heterocycles. The second-order valence-electron chi connectivity index (χ2n) is 8.78. The van der Waals surface area contributed by atoms with Crippen molar-refractivity contribution in [3.63, 3.8) is 0 Å². The fourth-order valence-corrected chi connectivity index (χ4v) is 4.94. The first-order chi connectivity index (χ1) is 14.0. The van der Waals surface area contributed by atoms with E-state index in [-0.39, 0.29) is 58.0 Å². The van der Waals surface area contributed by atoms with Gasteiger partial charge in [0, 0.05) is 11.9 Å². The summed E-state index contributed by atoms with van der Waals surface area (Å²) in [4.78, 5) is 0. The monoisotopic (exact) mass is 472 g/mol. The Hall–Kier alpha value is 1.51. The van der Waals surface area contributed by atoms with E-state index in [0.717, 1.165) is 19.3 Å². The first-order valence-corrected chi connectivity index (χ1v) is 14.0. The van der Waals surface area contributed by atoms with Crippen LogP contribution in [-0.2, 0) is 10.1 Å². The summed E-state index contributed by atoms with van der Waals surface area (Å²) >= 11 is 0. The van der Waals surface area contributed by atoms with Crippen LogP contribution in [0.5, 0.6) is 0 Å². The van der Waals surface area contributed by atoms with Gasteiger partial charge in [-0.15, -0.1) is 0 Å². The molecule has 1 unspecified atom stereocenters. The van der Waals surface area contributed by atoms with Gasteiger partial charge in [-0.05, 0) is 19.3 Å². The molecular weight excluding hydrogens is 423 g/mol. The Morgan fingerprint density at radius 3 is 1.20 bits per heavy atom. The second-order valence-corrected chi connectivity index (χ2v) is 10.4. The Balaban J connectivity index is 0. The van der Waals surface area contributed by atoms with E-state index in [9.17, 15) is 13.0 Å². The summed E-state index contributed by atoms with van der Waals surface area (Å²) < 4.78 is 33.6. The number of hydrogen-bond donors (Lipinski definition) is 1. The maximum Gasteiger partial charge on any atom is 1.00 e. The van der Waals surface area contributed by atoms with Crippen LogP contribution in [0.3, 0.4) is 0 Å². The molecule has 30 heavy (non-hydrogen) atoms. The average Bonchev–Trinajstić information content (AvgIpc) is 2.68. The zero-order chi connectivity index (χ0) is 21.6. The molecule has 0 aromatic carbocycles. The van der Waals surface area contributed by atoms with E-state index in [4.69, 9.17) is 5.11 Å². The molecule has 0 radical (unpaired) electrons. The number of aliphatic hydroxyl groups excluding tert-OH is 1. The Kier molecular flexibility index (Phi) is 28.2. The third kappa shape index (κ3) is 24.2. The Labute approximate surface area is 230 Å². The van der Waals surface area contributed by atoms with E-state index >= 15 is 0 Å². The molecule has 6 heteroatoms. The molecule has 0 aromatic rings. The Morgan fingerprint density at radius 2 is 0.900 bits per heavy atom. The van der Waals surface area contributed by atoms with Gasteiger partial charge in [0.05, 0.1) is 10.1 Å². The smallest absolute Gasteiger partial charge is 0.748 e. The van der Waals surface area contributed by atoms with Crippen LogP contribution in [0.4, 0.5) is 0 Å². The van der Waals surface area contributed by atoms with Crippen LogP contribution in [0.25, 0.3) is 0 Å². The molecule has 0 heterocycles. The Bertz CT molecular complexity index is 429. The molecule has 4 nitrogen and oxygen atoms in total. The molecule has 0 saturated carbocycles. The summed E-state index contributed by atoms with van der Waals surface area (Å²) in [6, 6.07) is 0. The fourth-order valence-electron chi connectivity index (χ4n) is 4.03. The fraction of sp³-hybridized carbons (Fsp3) is 1.00. The summed E-state index contributed by atoms with van der Waals surface area (Å²) in [5, 5.41) is 8.00. The number of unbranched alkanes of at least 4 members (excludes halogenated alkanes) is 17. The van der Waals surface area contributed by atoms with Gasteiger partial charge in [0.25, 0.3) is 0 Å². The SMILES string of the molecule is CCCCCCCCCCCCCCCCCCCCC(CCCO)S(=O)(=O)[O-].[K+].